The molecule has 0 heterocycles. The van der Waals surface area contributed by atoms with E-state index in [1.807, 2.05) is 0 Å². The lowest BCUT2D eigenvalue weighted by Crippen LogP contribution is -2.29. The van der Waals surface area contributed by atoms with Crippen LogP contribution in [-0.2, 0) is 0 Å². The second-order valence-electron chi connectivity index (χ2n) is 2.38. The van der Waals surface area contributed by atoms with Crippen molar-refractivity contribution in [2.75, 3.05) is 19.6 Å². The highest BCUT2D eigenvalue weighted by atomic mass is 14.9. The maximum atomic E-state index is 5.62. The van der Waals surface area contributed by atoms with Crippen molar-refractivity contribution in [1.82, 2.24) is 5.32 Å². The molecule has 0 aromatic rings. The van der Waals surface area contributed by atoms with Gasteiger partial charge in [-0.3, -0.25) is 0 Å². The van der Waals surface area contributed by atoms with Crippen molar-refractivity contribution in [3.8, 4) is 0 Å². The lowest BCUT2D eigenvalue weighted by molar-refractivity contribution is 0.567. The molecule has 1 atom stereocenters. The van der Waals surface area contributed by atoms with E-state index in [0.29, 0.717) is 6.54 Å². The summed E-state index contributed by atoms with van der Waals surface area (Å²) in [4.78, 5) is 0. The molecule has 0 fully saturated rings. The van der Waals surface area contributed by atoms with Crippen molar-refractivity contribution >= 4 is 0 Å². The summed E-state index contributed by atoms with van der Waals surface area (Å²) >= 11 is 0. The second-order valence-corrected chi connectivity index (χ2v) is 2.38. The number of nitrogens with one attached hydrogen (secondary N) is 1. The number of rotatable bonds is 6. The minimum Gasteiger partial charge on any atom is -0.329 e. The molecule has 0 saturated heterocycles. The van der Waals surface area contributed by atoms with Crippen LogP contribution in [-0.4, -0.2) is 25.7 Å². The van der Waals surface area contributed by atoms with Gasteiger partial charge in [0.1, 0.15) is 0 Å². The first-order valence-corrected chi connectivity index (χ1v) is 3.77. The van der Waals surface area contributed by atoms with Crippen LogP contribution in [0.3, 0.4) is 0 Å². The summed E-state index contributed by atoms with van der Waals surface area (Å²) in [5, 5.41) is 3.17. The molecule has 1 radical (unpaired) electrons. The Morgan fingerprint density at radius 3 is 2.60 bits per heavy atom. The highest BCUT2D eigenvalue weighted by Crippen LogP contribution is 1.89. The van der Waals surface area contributed by atoms with Crippen LogP contribution in [0, 0.1) is 6.92 Å². The van der Waals surface area contributed by atoms with Crippen LogP contribution < -0.4 is 16.8 Å². The van der Waals surface area contributed by atoms with Crippen molar-refractivity contribution in [3.05, 3.63) is 6.92 Å². The predicted molar refractivity (Wildman–Crippen MR) is 44.5 cm³/mol. The van der Waals surface area contributed by atoms with Gasteiger partial charge >= 0.3 is 0 Å². The average molecular weight is 144 g/mol. The number of hydrogen-bond acceptors (Lipinski definition) is 3. The number of nitrogens with two attached hydrogens (primary N) is 2. The summed E-state index contributed by atoms with van der Waals surface area (Å²) < 4.78 is 0. The van der Waals surface area contributed by atoms with Gasteiger partial charge in [-0.15, -0.1) is 0 Å². The van der Waals surface area contributed by atoms with Crippen molar-refractivity contribution in [3.63, 3.8) is 0 Å². The van der Waals surface area contributed by atoms with Gasteiger partial charge in [0.15, 0.2) is 0 Å². The molecule has 61 valence electrons. The first-order valence-electron chi connectivity index (χ1n) is 3.77. The quantitative estimate of drug-likeness (QED) is 0.439. The van der Waals surface area contributed by atoms with Gasteiger partial charge in [0.05, 0.1) is 0 Å². The number of hydrogen-bond donors (Lipinski definition) is 3. The van der Waals surface area contributed by atoms with E-state index in [4.69, 9.17) is 11.5 Å². The first kappa shape index (κ1) is 9.88. The topological polar surface area (TPSA) is 64.1 Å². The molecular formula is C7H18N3. The predicted octanol–water partition coefficient (Wildman–Crippen LogP) is -0.524. The molecule has 0 saturated carbocycles. The molecule has 0 aromatic carbocycles. The standard InChI is InChI=1S/C7H18N3/c1-2-7(9)3-5-10-6-4-8/h7,10H,1-6,8-9H2. The maximum absolute atomic E-state index is 5.62. The molecular weight excluding hydrogens is 126 g/mol. The van der Waals surface area contributed by atoms with E-state index in [2.05, 4.69) is 12.2 Å². The SMILES string of the molecule is [CH2]CC(N)CCNCCN. The molecule has 1 unspecified atom stereocenters. The van der Waals surface area contributed by atoms with Gasteiger partial charge in [0.2, 0.25) is 0 Å². The van der Waals surface area contributed by atoms with Gasteiger partial charge in [-0.1, -0.05) is 6.92 Å². The lowest BCUT2D eigenvalue weighted by Gasteiger charge is -2.07. The van der Waals surface area contributed by atoms with Crippen LogP contribution >= 0.6 is 0 Å². The monoisotopic (exact) mass is 144 g/mol. The fourth-order valence-corrected chi connectivity index (χ4v) is 0.659. The van der Waals surface area contributed by atoms with Crippen LogP contribution in [0.1, 0.15) is 12.8 Å². The van der Waals surface area contributed by atoms with E-state index in [0.717, 1.165) is 25.9 Å². The molecule has 0 aliphatic carbocycles. The molecule has 10 heavy (non-hydrogen) atoms. The van der Waals surface area contributed by atoms with Gasteiger partial charge in [-0.25, -0.2) is 0 Å². The van der Waals surface area contributed by atoms with Crippen LogP contribution in [0.25, 0.3) is 0 Å². The van der Waals surface area contributed by atoms with Crippen molar-refractivity contribution in [2.45, 2.75) is 18.9 Å². The van der Waals surface area contributed by atoms with Crippen LogP contribution in [0.4, 0.5) is 0 Å². The Bertz CT molecular complexity index is 65.9. The Morgan fingerprint density at radius 2 is 2.10 bits per heavy atom. The normalized spacial score (nSPS) is 13.5. The zero-order valence-corrected chi connectivity index (χ0v) is 6.47. The first-order chi connectivity index (χ1) is 4.81. The third kappa shape index (κ3) is 6.01. The maximum Gasteiger partial charge on any atom is 0.00745 e. The highest BCUT2D eigenvalue weighted by molar-refractivity contribution is 4.63. The van der Waals surface area contributed by atoms with Gasteiger partial charge in [-0.05, 0) is 19.4 Å². The van der Waals surface area contributed by atoms with E-state index in [9.17, 15) is 0 Å². The van der Waals surface area contributed by atoms with Gasteiger partial charge in [-0.2, -0.15) is 0 Å². The Hall–Kier alpha value is -0.120. The molecule has 5 N–H and O–H groups in total. The van der Waals surface area contributed by atoms with Crippen molar-refractivity contribution in [2.24, 2.45) is 11.5 Å². The van der Waals surface area contributed by atoms with Crippen LogP contribution in [0.5, 0.6) is 0 Å². The summed E-state index contributed by atoms with van der Waals surface area (Å²) in [6.07, 6.45) is 1.80. The minimum absolute atomic E-state index is 0.241. The van der Waals surface area contributed by atoms with E-state index >= 15 is 0 Å². The summed E-state index contributed by atoms with van der Waals surface area (Å²) in [6, 6.07) is 0.241. The second kappa shape index (κ2) is 6.99. The van der Waals surface area contributed by atoms with Crippen LogP contribution in [0.15, 0.2) is 0 Å². The van der Waals surface area contributed by atoms with E-state index in [1.165, 1.54) is 0 Å². The fourth-order valence-electron chi connectivity index (χ4n) is 0.659. The minimum atomic E-state index is 0.241. The molecule has 0 aromatic heterocycles. The Labute approximate surface area is 63.2 Å². The molecule has 3 nitrogen and oxygen atoms in total. The lowest BCUT2D eigenvalue weighted by atomic mass is 10.2. The summed E-state index contributed by atoms with van der Waals surface area (Å²) in [7, 11) is 0. The zero-order chi connectivity index (χ0) is 7.82. The molecule has 0 spiro atoms. The fraction of sp³-hybridized carbons (Fsp3) is 0.857. The van der Waals surface area contributed by atoms with E-state index < -0.39 is 0 Å². The molecule has 0 amide bonds. The summed E-state index contributed by atoms with van der Waals surface area (Å²) in [5.41, 5.74) is 10.9. The van der Waals surface area contributed by atoms with Crippen molar-refractivity contribution < 1.29 is 0 Å². The molecule has 0 rings (SSSR count). The van der Waals surface area contributed by atoms with E-state index in [1.54, 1.807) is 0 Å². The Kier molecular flexibility index (Phi) is 6.91. The average Bonchev–Trinajstić information content (AvgIpc) is 1.98. The zero-order valence-electron chi connectivity index (χ0n) is 6.47. The van der Waals surface area contributed by atoms with Gasteiger partial charge < -0.3 is 16.8 Å². The smallest absolute Gasteiger partial charge is 0.00745 e. The summed E-state index contributed by atoms with van der Waals surface area (Å²) in [6.45, 7) is 6.23. The Morgan fingerprint density at radius 1 is 1.40 bits per heavy atom. The van der Waals surface area contributed by atoms with E-state index in [-0.39, 0.29) is 6.04 Å². The van der Waals surface area contributed by atoms with Gasteiger partial charge in [0, 0.05) is 19.1 Å². The van der Waals surface area contributed by atoms with Gasteiger partial charge in [0.25, 0.3) is 0 Å². The largest absolute Gasteiger partial charge is 0.329 e. The molecule has 3 heteroatoms. The molecule has 0 aliphatic rings. The third-order valence-corrected chi connectivity index (χ3v) is 1.38. The summed E-state index contributed by atoms with van der Waals surface area (Å²) in [5.74, 6) is 0. The highest BCUT2D eigenvalue weighted by Gasteiger charge is 1.96. The van der Waals surface area contributed by atoms with Crippen LogP contribution in [0.2, 0.25) is 0 Å². The van der Waals surface area contributed by atoms with Crippen molar-refractivity contribution in [1.29, 1.82) is 0 Å². The Balaban J connectivity index is 2.89. The molecule has 0 aliphatic heterocycles. The third-order valence-electron chi connectivity index (χ3n) is 1.38. The molecule has 0 bridgehead atoms.